The molecule has 2 aromatic carbocycles. The van der Waals surface area contributed by atoms with Gasteiger partial charge in [-0.3, -0.25) is 0 Å². The first kappa shape index (κ1) is 23.0. The lowest BCUT2D eigenvalue weighted by Crippen LogP contribution is -2.12. The molecule has 2 rings (SSSR count). The summed E-state index contributed by atoms with van der Waals surface area (Å²) >= 11 is 0. The number of phenolic OH excluding ortho intramolecular Hbond substituents is 1. The van der Waals surface area contributed by atoms with Gasteiger partial charge in [0.1, 0.15) is 23.9 Å². The molecular formula is C21H27NO6. The molecule has 0 saturated heterocycles. The minimum absolute atomic E-state index is 0.0482. The highest BCUT2D eigenvalue weighted by Crippen LogP contribution is 2.24. The second-order valence-electron chi connectivity index (χ2n) is 6.21. The quantitative estimate of drug-likeness (QED) is 0.511. The van der Waals surface area contributed by atoms with E-state index in [4.69, 9.17) is 20.0 Å². The summed E-state index contributed by atoms with van der Waals surface area (Å²) in [7, 11) is 0. The van der Waals surface area contributed by atoms with Crippen LogP contribution >= 0.6 is 0 Å². The van der Waals surface area contributed by atoms with E-state index < -0.39 is 5.97 Å². The number of hydrogen-bond acceptors (Lipinski definition) is 6. The Morgan fingerprint density at radius 2 is 1.75 bits per heavy atom. The van der Waals surface area contributed by atoms with Crippen molar-refractivity contribution in [1.82, 2.24) is 0 Å². The van der Waals surface area contributed by atoms with Crippen LogP contribution in [0.2, 0.25) is 0 Å². The number of ether oxygens (including phenoxy) is 2. The zero-order chi connectivity index (χ0) is 21.1. The van der Waals surface area contributed by atoms with Crippen LogP contribution in [0.5, 0.6) is 17.2 Å². The number of aromatic carboxylic acids is 1. The number of carboxylic acids is 1. The van der Waals surface area contributed by atoms with Crippen molar-refractivity contribution in [2.45, 2.75) is 33.3 Å². The molecule has 0 aliphatic rings. The molecule has 0 unspecified atom stereocenters. The lowest BCUT2D eigenvalue weighted by Gasteiger charge is -2.13. The van der Waals surface area contributed by atoms with E-state index in [9.17, 15) is 15.0 Å². The number of aliphatic hydroxyl groups is 1. The number of carboxylic acid groups (broad SMARTS) is 1. The van der Waals surface area contributed by atoms with Crippen LogP contribution in [0.25, 0.3) is 0 Å². The van der Waals surface area contributed by atoms with Gasteiger partial charge in [-0.25, -0.2) is 4.79 Å². The average Bonchev–Trinajstić information content (AvgIpc) is 2.65. The first-order valence-electron chi connectivity index (χ1n) is 8.92. The van der Waals surface area contributed by atoms with Crippen LogP contribution in [0.3, 0.4) is 0 Å². The van der Waals surface area contributed by atoms with Gasteiger partial charge in [0.15, 0.2) is 0 Å². The third-order valence-corrected chi connectivity index (χ3v) is 3.30. The van der Waals surface area contributed by atoms with Crippen molar-refractivity contribution < 1.29 is 29.6 Å². The van der Waals surface area contributed by atoms with E-state index in [1.54, 1.807) is 18.2 Å². The minimum atomic E-state index is -1.09. The van der Waals surface area contributed by atoms with E-state index in [0.29, 0.717) is 23.7 Å². The molecule has 0 aliphatic carbocycles. The lowest BCUT2D eigenvalue weighted by atomic mass is 10.1. The second-order valence-corrected chi connectivity index (χ2v) is 6.21. The average molecular weight is 389 g/mol. The summed E-state index contributed by atoms with van der Waals surface area (Å²) in [5.41, 5.74) is 0.744. The molecule has 0 spiro atoms. The van der Waals surface area contributed by atoms with Crippen molar-refractivity contribution in [2.24, 2.45) is 0 Å². The molecule has 4 N–H and O–H groups in total. The van der Waals surface area contributed by atoms with E-state index >= 15 is 0 Å². The Labute approximate surface area is 164 Å². The summed E-state index contributed by atoms with van der Waals surface area (Å²) in [5, 5.41) is 34.5. The molecule has 28 heavy (non-hydrogen) atoms. The standard InChI is InChI=1S/C18H19NO5.C3H8O/c1-11(2)24-16-8-13(18(21)22)7-15(9-16)23-10-17(19)12-4-3-5-14(20)6-12;1-2-3-4/h3-9,11,19-20H,10H2,1-2H3,(H,21,22);4H,2-3H2,1H3. The minimum Gasteiger partial charge on any atom is -0.508 e. The fraction of sp³-hybridized carbons (Fsp3) is 0.333. The van der Waals surface area contributed by atoms with Crippen LogP contribution in [-0.2, 0) is 0 Å². The molecule has 0 heterocycles. The smallest absolute Gasteiger partial charge is 0.335 e. The molecule has 7 heteroatoms. The normalized spacial score (nSPS) is 10.0. The first-order valence-corrected chi connectivity index (χ1v) is 8.92. The van der Waals surface area contributed by atoms with Crippen molar-refractivity contribution >= 4 is 11.7 Å². The summed E-state index contributed by atoms with van der Waals surface area (Å²) in [6.45, 7) is 5.87. The molecule has 0 saturated carbocycles. The third-order valence-electron chi connectivity index (χ3n) is 3.30. The van der Waals surface area contributed by atoms with E-state index in [1.807, 2.05) is 20.8 Å². The SMILES string of the molecule is CC(C)Oc1cc(OCC(=N)c2cccc(O)c2)cc(C(=O)O)c1.CCCO. The van der Waals surface area contributed by atoms with E-state index in [2.05, 4.69) is 0 Å². The maximum Gasteiger partial charge on any atom is 0.335 e. The molecule has 2 aromatic rings. The predicted octanol–water partition coefficient (Wildman–Crippen LogP) is 3.71. The van der Waals surface area contributed by atoms with Crippen molar-refractivity contribution in [3.63, 3.8) is 0 Å². The van der Waals surface area contributed by atoms with E-state index in [1.165, 1.54) is 24.3 Å². The Morgan fingerprint density at radius 1 is 1.11 bits per heavy atom. The maximum atomic E-state index is 11.2. The number of aromatic hydroxyl groups is 1. The van der Waals surface area contributed by atoms with E-state index in [0.717, 1.165) is 6.42 Å². The molecule has 0 amide bonds. The van der Waals surface area contributed by atoms with Crippen molar-refractivity contribution in [3.8, 4) is 17.2 Å². The highest BCUT2D eigenvalue weighted by atomic mass is 16.5. The Hall–Kier alpha value is -3.06. The first-order chi connectivity index (χ1) is 13.3. The molecule has 0 bridgehead atoms. The molecule has 0 aliphatic heterocycles. The summed E-state index contributed by atoms with van der Waals surface area (Å²) < 4.78 is 11.0. The number of aliphatic hydroxyl groups excluding tert-OH is 1. The van der Waals surface area contributed by atoms with Gasteiger partial charge in [0.2, 0.25) is 0 Å². The molecule has 0 aromatic heterocycles. The predicted molar refractivity (Wildman–Crippen MR) is 107 cm³/mol. The topological polar surface area (TPSA) is 120 Å². The van der Waals surface area contributed by atoms with E-state index in [-0.39, 0.29) is 29.7 Å². The number of hydrogen-bond donors (Lipinski definition) is 4. The van der Waals surface area contributed by atoms with Crippen molar-refractivity contribution in [2.75, 3.05) is 13.2 Å². The Bertz CT molecular complexity index is 786. The van der Waals surface area contributed by atoms with Crippen molar-refractivity contribution in [3.05, 3.63) is 53.6 Å². The number of nitrogens with one attached hydrogen (secondary N) is 1. The largest absolute Gasteiger partial charge is 0.508 e. The van der Waals surface area contributed by atoms with Gasteiger partial charge in [0.05, 0.1) is 17.4 Å². The van der Waals surface area contributed by atoms with Crippen LogP contribution in [0.1, 0.15) is 43.1 Å². The van der Waals surface area contributed by atoms with Gasteiger partial charge in [0.25, 0.3) is 0 Å². The summed E-state index contributed by atoms with van der Waals surface area (Å²) in [6.07, 6.45) is 0.771. The number of carbonyl (C=O) groups is 1. The van der Waals surface area contributed by atoms with Gasteiger partial charge < -0.3 is 30.2 Å². The van der Waals surface area contributed by atoms with Crippen LogP contribution in [0.4, 0.5) is 0 Å². The Morgan fingerprint density at radius 3 is 2.29 bits per heavy atom. The fourth-order valence-electron chi connectivity index (χ4n) is 2.05. The molecule has 0 radical (unpaired) electrons. The molecule has 152 valence electrons. The van der Waals surface area contributed by atoms with Crippen LogP contribution in [0, 0.1) is 5.41 Å². The summed E-state index contributed by atoms with van der Waals surface area (Å²) in [5.74, 6) is -0.325. The third kappa shape index (κ3) is 8.09. The van der Waals surface area contributed by atoms with Crippen LogP contribution < -0.4 is 9.47 Å². The number of rotatable bonds is 8. The van der Waals surface area contributed by atoms with Gasteiger partial charge in [0, 0.05) is 18.2 Å². The van der Waals surface area contributed by atoms with Gasteiger partial charge >= 0.3 is 5.97 Å². The van der Waals surface area contributed by atoms with Crippen LogP contribution in [0.15, 0.2) is 42.5 Å². The second kappa shape index (κ2) is 11.6. The van der Waals surface area contributed by atoms with Gasteiger partial charge in [-0.2, -0.15) is 0 Å². The van der Waals surface area contributed by atoms with Crippen LogP contribution in [-0.4, -0.2) is 46.3 Å². The Kier molecular flexibility index (Phi) is 9.53. The molecule has 0 fully saturated rings. The fourth-order valence-corrected chi connectivity index (χ4v) is 2.05. The zero-order valence-electron chi connectivity index (χ0n) is 16.3. The zero-order valence-corrected chi connectivity index (χ0v) is 16.3. The van der Waals surface area contributed by atoms with Gasteiger partial charge in [-0.05, 0) is 44.5 Å². The highest BCUT2D eigenvalue weighted by molar-refractivity contribution is 5.99. The molecular weight excluding hydrogens is 362 g/mol. The number of phenols is 1. The summed E-state index contributed by atoms with van der Waals surface area (Å²) in [4.78, 5) is 11.2. The lowest BCUT2D eigenvalue weighted by molar-refractivity contribution is 0.0695. The molecule has 7 nitrogen and oxygen atoms in total. The Balaban J connectivity index is 0.000000892. The maximum absolute atomic E-state index is 11.2. The molecule has 0 atom stereocenters. The summed E-state index contributed by atoms with van der Waals surface area (Å²) in [6, 6.07) is 10.7. The van der Waals surface area contributed by atoms with Gasteiger partial charge in [-0.15, -0.1) is 0 Å². The van der Waals surface area contributed by atoms with Crippen molar-refractivity contribution in [1.29, 1.82) is 5.41 Å². The monoisotopic (exact) mass is 389 g/mol. The van der Waals surface area contributed by atoms with Gasteiger partial charge in [-0.1, -0.05) is 19.1 Å². The highest BCUT2D eigenvalue weighted by Gasteiger charge is 2.11. The number of benzene rings is 2.